The molecule has 0 aliphatic heterocycles. The molecule has 0 radical (unpaired) electrons. The fourth-order valence-electron chi connectivity index (χ4n) is 2.30. The predicted octanol–water partition coefficient (Wildman–Crippen LogP) is 4.70. The van der Waals surface area contributed by atoms with Crippen LogP contribution in [-0.4, -0.2) is 29.1 Å². The summed E-state index contributed by atoms with van der Waals surface area (Å²) in [5.74, 6) is -1.49. The molecule has 2 rings (SSSR count). The zero-order valence-electron chi connectivity index (χ0n) is 16.8. The minimum atomic E-state index is -5.86. The van der Waals surface area contributed by atoms with Crippen molar-refractivity contribution in [1.29, 1.82) is 0 Å². The summed E-state index contributed by atoms with van der Waals surface area (Å²) in [7, 11) is 0. The maximum atomic E-state index is 12.9. The van der Waals surface area contributed by atoms with Gasteiger partial charge in [0.25, 0.3) is 5.91 Å². The van der Waals surface area contributed by atoms with Crippen LogP contribution in [0, 0.1) is 5.92 Å². The second-order valence-electron chi connectivity index (χ2n) is 6.95. The topological polar surface area (TPSA) is 80.3 Å². The number of benzene rings is 1. The summed E-state index contributed by atoms with van der Waals surface area (Å²) in [5.41, 5.74) is 0.657. The first-order valence-electron chi connectivity index (χ1n) is 9.11. The first-order valence-corrected chi connectivity index (χ1v) is 9.11. The number of hydrogen-bond donors (Lipinski definition) is 2. The number of nitrogens with one attached hydrogen (secondary N) is 2. The Morgan fingerprint density at radius 3 is 2.16 bits per heavy atom. The van der Waals surface area contributed by atoms with Crippen LogP contribution in [0.2, 0.25) is 0 Å². The molecule has 0 saturated carbocycles. The summed E-state index contributed by atoms with van der Waals surface area (Å²) in [6, 6.07) is 6.50. The highest BCUT2D eigenvalue weighted by atomic mass is 19.4. The highest BCUT2D eigenvalue weighted by molar-refractivity contribution is 5.94. The molecule has 11 heteroatoms. The molecule has 2 amide bonds. The van der Waals surface area contributed by atoms with Crippen molar-refractivity contribution >= 4 is 17.6 Å². The summed E-state index contributed by atoms with van der Waals surface area (Å²) in [4.78, 5) is 28.2. The summed E-state index contributed by atoms with van der Waals surface area (Å²) in [5, 5.41) is 5.30. The third-order valence-corrected chi connectivity index (χ3v) is 4.10. The number of rotatable bonds is 7. The molecule has 6 nitrogen and oxygen atoms in total. The molecule has 2 aromatic rings. The summed E-state index contributed by atoms with van der Waals surface area (Å²) < 4.78 is 66.2. The van der Waals surface area contributed by atoms with Crippen LogP contribution < -0.4 is 15.4 Å². The van der Waals surface area contributed by atoms with Crippen LogP contribution in [-0.2, 0) is 4.79 Å². The molecule has 1 unspecified atom stereocenters. The Hall–Kier alpha value is -3.24. The number of hydrogen-bond acceptors (Lipinski definition) is 4. The number of ether oxygens (including phenoxy) is 1. The number of amides is 2. The molecule has 0 bridgehead atoms. The van der Waals surface area contributed by atoms with Gasteiger partial charge >= 0.3 is 12.3 Å². The van der Waals surface area contributed by atoms with E-state index in [-0.39, 0.29) is 17.4 Å². The van der Waals surface area contributed by atoms with Crippen LogP contribution in [0.4, 0.5) is 27.8 Å². The van der Waals surface area contributed by atoms with Gasteiger partial charge in [0.1, 0.15) is 11.6 Å². The molecule has 0 aliphatic carbocycles. The molecule has 1 atom stereocenters. The van der Waals surface area contributed by atoms with Crippen molar-refractivity contribution in [3.8, 4) is 5.75 Å². The molecule has 1 aromatic heterocycles. The smallest absolute Gasteiger partial charge is 0.426 e. The molecule has 2 N–H and O–H groups in total. The number of halogens is 5. The normalized spacial score (nSPS) is 12.9. The summed E-state index contributed by atoms with van der Waals surface area (Å²) in [6.45, 7) is 5.12. The standard InChI is InChI=1S/C20H20F5N3O3/c1-11(2)17(29)28-16-10-14(8-9-26-16)12(3)27-18(30)13-4-6-15(7-5-13)31-20(24,25)19(21,22)23/h4-12H,1-3H3,(H,27,30)(H,26,28,29). The Labute approximate surface area is 174 Å². The number of carbonyl (C=O) groups excluding carboxylic acids is 2. The maximum Gasteiger partial charge on any atom is 0.499 e. The molecule has 1 heterocycles. The number of carbonyl (C=O) groups is 2. The van der Waals surface area contributed by atoms with Crippen LogP contribution in [0.1, 0.15) is 42.7 Å². The lowest BCUT2D eigenvalue weighted by Crippen LogP contribution is -2.41. The lowest BCUT2D eigenvalue weighted by atomic mass is 10.1. The van der Waals surface area contributed by atoms with Crippen molar-refractivity contribution in [3.05, 3.63) is 53.7 Å². The van der Waals surface area contributed by atoms with E-state index in [1.165, 1.54) is 6.20 Å². The van der Waals surface area contributed by atoms with Gasteiger partial charge in [-0.3, -0.25) is 9.59 Å². The second-order valence-corrected chi connectivity index (χ2v) is 6.95. The van der Waals surface area contributed by atoms with Crippen LogP contribution in [0.5, 0.6) is 5.75 Å². The van der Waals surface area contributed by atoms with Crippen LogP contribution >= 0.6 is 0 Å². The van der Waals surface area contributed by atoms with E-state index < -0.39 is 30.0 Å². The zero-order chi connectivity index (χ0) is 23.4. The van der Waals surface area contributed by atoms with Gasteiger partial charge in [0, 0.05) is 17.7 Å². The first kappa shape index (κ1) is 24.0. The molecule has 0 spiro atoms. The molecule has 168 valence electrons. The van der Waals surface area contributed by atoms with Gasteiger partial charge in [0.2, 0.25) is 5.91 Å². The number of pyridine rings is 1. The lowest BCUT2D eigenvalue weighted by Gasteiger charge is -2.20. The Kier molecular flexibility index (Phi) is 7.19. The van der Waals surface area contributed by atoms with Crippen LogP contribution in [0.15, 0.2) is 42.6 Å². The van der Waals surface area contributed by atoms with E-state index in [0.29, 0.717) is 11.4 Å². The Morgan fingerprint density at radius 1 is 1.00 bits per heavy atom. The monoisotopic (exact) mass is 445 g/mol. The summed E-state index contributed by atoms with van der Waals surface area (Å²) >= 11 is 0. The average molecular weight is 445 g/mol. The molecular weight excluding hydrogens is 425 g/mol. The van der Waals surface area contributed by atoms with Crippen molar-refractivity contribution in [3.63, 3.8) is 0 Å². The average Bonchev–Trinajstić information content (AvgIpc) is 2.67. The third-order valence-electron chi connectivity index (χ3n) is 4.10. The van der Waals surface area contributed by atoms with Crippen molar-refractivity contribution < 1.29 is 36.3 Å². The van der Waals surface area contributed by atoms with Crippen LogP contribution in [0.25, 0.3) is 0 Å². The second kappa shape index (κ2) is 9.27. The SMILES string of the molecule is CC(C)C(=O)Nc1cc(C(C)NC(=O)c2ccc(OC(F)(F)C(F)(F)F)cc2)ccn1. The Morgan fingerprint density at radius 2 is 1.61 bits per heavy atom. The molecule has 0 saturated heterocycles. The van der Waals surface area contributed by atoms with Gasteiger partial charge in [-0.05, 0) is 48.9 Å². The molecule has 31 heavy (non-hydrogen) atoms. The number of nitrogens with zero attached hydrogens (tertiary/aromatic N) is 1. The van der Waals surface area contributed by atoms with E-state index in [9.17, 15) is 31.5 Å². The third kappa shape index (κ3) is 6.37. The zero-order valence-corrected chi connectivity index (χ0v) is 16.8. The lowest BCUT2D eigenvalue weighted by molar-refractivity contribution is -0.360. The Bertz CT molecular complexity index is 930. The highest BCUT2D eigenvalue weighted by Crippen LogP contribution is 2.37. The first-order chi connectivity index (χ1) is 14.3. The van der Waals surface area contributed by atoms with Gasteiger partial charge in [-0.15, -0.1) is 0 Å². The van der Waals surface area contributed by atoms with E-state index in [1.54, 1.807) is 32.9 Å². The van der Waals surface area contributed by atoms with Gasteiger partial charge in [-0.25, -0.2) is 4.98 Å². The fourth-order valence-corrected chi connectivity index (χ4v) is 2.30. The van der Waals surface area contributed by atoms with Crippen molar-refractivity contribution in [2.45, 2.75) is 39.1 Å². The van der Waals surface area contributed by atoms with Crippen molar-refractivity contribution in [2.24, 2.45) is 5.92 Å². The molecular formula is C20H20F5N3O3. The minimum absolute atomic E-state index is 0.0249. The highest BCUT2D eigenvalue weighted by Gasteiger charge is 2.61. The maximum absolute atomic E-state index is 12.9. The van der Waals surface area contributed by atoms with E-state index in [4.69, 9.17) is 0 Å². The molecule has 1 aromatic carbocycles. The van der Waals surface area contributed by atoms with E-state index >= 15 is 0 Å². The molecule has 0 aliphatic rings. The van der Waals surface area contributed by atoms with E-state index in [1.807, 2.05) is 0 Å². The van der Waals surface area contributed by atoms with E-state index in [2.05, 4.69) is 20.4 Å². The largest absolute Gasteiger partial charge is 0.499 e. The predicted molar refractivity (Wildman–Crippen MR) is 102 cm³/mol. The van der Waals surface area contributed by atoms with Crippen molar-refractivity contribution in [2.75, 3.05) is 5.32 Å². The fraction of sp³-hybridized carbons (Fsp3) is 0.350. The number of alkyl halides is 5. The van der Waals surface area contributed by atoms with Gasteiger partial charge in [0.05, 0.1) is 6.04 Å². The minimum Gasteiger partial charge on any atom is -0.426 e. The van der Waals surface area contributed by atoms with Crippen LogP contribution in [0.3, 0.4) is 0 Å². The van der Waals surface area contributed by atoms with E-state index in [0.717, 1.165) is 24.3 Å². The van der Waals surface area contributed by atoms with Gasteiger partial charge in [-0.1, -0.05) is 13.8 Å². The van der Waals surface area contributed by atoms with Gasteiger partial charge < -0.3 is 15.4 Å². The number of anilines is 1. The van der Waals surface area contributed by atoms with Gasteiger partial charge in [0.15, 0.2) is 0 Å². The quantitative estimate of drug-likeness (QED) is 0.606. The Balaban J connectivity index is 2.04. The molecule has 0 fully saturated rings. The summed E-state index contributed by atoms with van der Waals surface area (Å²) in [6.07, 6.45) is -9.76. The number of aromatic nitrogens is 1. The van der Waals surface area contributed by atoms with Crippen molar-refractivity contribution in [1.82, 2.24) is 10.3 Å². The van der Waals surface area contributed by atoms with Gasteiger partial charge in [-0.2, -0.15) is 22.0 Å².